The number of nitrogens with zero attached hydrogens (tertiary/aromatic N) is 4. The molecule has 0 amide bonds. The standard InChI is InChI=1S/C19H16N4OS/c20-10-13-6-8-14(9-7-13)11-22-23-12-21-18-17(19(23)24)15-4-2-1-3-5-16(15)25-18/h6-9,11-12H,1-5H2/b22-11+. The first-order valence-corrected chi connectivity index (χ1v) is 9.14. The van der Waals surface area contributed by atoms with Crippen molar-refractivity contribution < 1.29 is 0 Å². The number of aryl methyl sites for hydroxylation is 2. The molecule has 5 nitrogen and oxygen atoms in total. The molecule has 0 saturated heterocycles. The minimum atomic E-state index is -0.103. The molecule has 0 saturated carbocycles. The van der Waals surface area contributed by atoms with Crippen LogP contribution in [-0.2, 0) is 12.8 Å². The van der Waals surface area contributed by atoms with E-state index in [0.29, 0.717) is 5.56 Å². The highest BCUT2D eigenvalue weighted by molar-refractivity contribution is 7.18. The van der Waals surface area contributed by atoms with Gasteiger partial charge in [0.25, 0.3) is 5.56 Å². The lowest BCUT2D eigenvalue weighted by Crippen LogP contribution is -2.17. The Morgan fingerprint density at radius 1 is 1.20 bits per heavy atom. The average molecular weight is 348 g/mol. The van der Waals surface area contributed by atoms with Crippen molar-refractivity contribution in [2.45, 2.75) is 32.1 Å². The van der Waals surface area contributed by atoms with Crippen LogP contribution in [0.4, 0.5) is 0 Å². The molecule has 0 fully saturated rings. The molecule has 1 aliphatic carbocycles. The fourth-order valence-corrected chi connectivity index (χ4v) is 4.39. The minimum absolute atomic E-state index is 0.103. The summed E-state index contributed by atoms with van der Waals surface area (Å²) in [5.41, 5.74) is 2.50. The van der Waals surface area contributed by atoms with Gasteiger partial charge in [0.1, 0.15) is 11.2 Å². The van der Waals surface area contributed by atoms with Crippen LogP contribution in [0.5, 0.6) is 0 Å². The molecule has 0 unspecified atom stereocenters. The van der Waals surface area contributed by atoms with Crippen molar-refractivity contribution in [3.05, 3.63) is 62.5 Å². The molecule has 0 radical (unpaired) electrons. The maximum Gasteiger partial charge on any atom is 0.282 e. The molecule has 0 N–H and O–H groups in total. The number of benzene rings is 1. The van der Waals surface area contributed by atoms with Crippen LogP contribution in [0.25, 0.3) is 10.2 Å². The third-order valence-electron chi connectivity index (χ3n) is 4.48. The Labute approximate surface area is 148 Å². The van der Waals surface area contributed by atoms with Crippen molar-refractivity contribution in [1.29, 1.82) is 5.26 Å². The molecule has 1 aromatic carbocycles. The molecule has 0 aliphatic heterocycles. The van der Waals surface area contributed by atoms with Gasteiger partial charge in [-0.2, -0.15) is 15.0 Å². The summed E-state index contributed by atoms with van der Waals surface area (Å²) < 4.78 is 1.30. The molecule has 0 atom stereocenters. The molecule has 6 heteroatoms. The van der Waals surface area contributed by atoms with Crippen molar-refractivity contribution in [3.8, 4) is 6.07 Å². The highest BCUT2D eigenvalue weighted by atomic mass is 32.1. The van der Waals surface area contributed by atoms with Crippen LogP contribution in [-0.4, -0.2) is 15.9 Å². The van der Waals surface area contributed by atoms with Gasteiger partial charge in [0, 0.05) is 4.88 Å². The lowest BCUT2D eigenvalue weighted by Gasteiger charge is -2.00. The van der Waals surface area contributed by atoms with Gasteiger partial charge >= 0.3 is 0 Å². The molecular weight excluding hydrogens is 332 g/mol. The Hall–Kier alpha value is -2.78. The van der Waals surface area contributed by atoms with E-state index in [1.165, 1.54) is 34.3 Å². The Morgan fingerprint density at radius 3 is 2.80 bits per heavy atom. The summed E-state index contributed by atoms with van der Waals surface area (Å²) in [6, 6.07) is 9.14. The Balaban J connectivity index is 1.74. The van der Waals surface area contributed by atoms with Crippen LogP contribution < -0.4 is 5.56 Å². The average Bonchev–Trinajstić information content (AvgIpc) is 2.84. The van der Waals surface area contributed by atoms with Gasteiger partial charge in [-0.15, -0.1) is 11.3 Å². The molecule has 4 rings (SSSR count). The molecular formula is C19H16N4OS. The zero-order valence-electron chi connectivity index (χ0n) is 13.6. The summed E-state index contributed by atoms with van der Waals surface area (Å²) in [5.74, 6) is 0. The van der Waals surface area contributed by atoms with E-state index in [2.05, 4.69) is 16.2 Å². The molecule has 124 valence electrons. The fourth-order valence-electron chi connectivity index (χ4n) is 3.17. The number of fused-ring (bicyclic) bond motifs is 3. The quantitative estimate of drug-likeness (QED) is 0.526. The number of nitriles is 1. The number of hydrogen-bond donors (Lipinski definition) is 0. The molecule has 1 aliphatic rings. The Kier molecular flexibility index (Phi) is 4.16. The van der Waals surface area contributed by atoms with Crippen molar-refractivity contribution in [2.75, 3.05) is 0 Å². The van der Waals surface area contributed by atoms with Gasteiger partial charge in [0.15, 0.2) is 0 Å². The Bertz CT molecular complexity index is 1050. The van der Waals surface area contributed by atoms with Gasteiger partial charge in [0.2, 0.25) is 0 Å². The van der Waals surface area contributed by atoms with Crippen molar-refractivity contribution in [1.82, 2.24) is 9.66 Å². The van der Waals surface area contributed by atoms with E-state index in [9.17, 15) is 4.79 Å². The monoisotopic (exact) mass is 348 g/mol. The molecule has 0 spiro atoms. The van der Waals surface area contributed by atoms with Crippen LogP contribution >= 0.6 is 11.3 Å². The van der Waals surface area contributed by atoms with Crippen LogP contribution in [0.2, 0.25) is 0 Å². The molecule has 25 heavy (non-hydrogen) atoms. The molecule has 0 bridgehead atoms. The summed E-state index contributed by atoms with van der Waals surface area (Å²) >= 11 is 1.65. The maximum absolute atomic E-state index is 12.9. The number of hydrogen-bond acceptors (Lipinski definition) is 5. The summed E-state index contributed by atoms with van der Waals surface area (Å²) in [5, 5.41) is 13.8. The van der Waals surface area contributed by atoms with E-state index >= 15 is 0 Å². The zero-order chi connectivity index (χ0) is 17.2. The second kappa shape index (κ2) is 6.61. The highest BCUT2D eigenvalue weighted by Gasteiger charge is 2.18. The summed E-state index contributed by atoms with van der Waals surface area (Å²) in [6.45, 7) is 0. The summed E-state index contributed by atoms with van der Waals surface area (Å²) in [6.07, 6.45) is 8.63. The molecule has 2 heterocycles. The van der Waals surface area contributed by atoms with Crippen molar-refractivity contribution in [3.63, 3.8) is 0 Å². The maximum atomic E-state index is 12.9. The van der Waals surface area contributed by atoms with Gasteiger partial charge in [-0.25, -0.2) is 4.98 Å². The van der Waals surface area contributed by atoms with Gasteiger partial charge in [-0.3, -0.25) is 4.79 Å². The van der Waals surface area contributed by atoms with Crippen LogP contribution in [0, 0.1) is 11.3 Å². The largest absolute Gasteiger partial charge is 0.282 e. The summed E-state index contributed by atoms with van der Waals surface area (Å²) in [4.78, 5) is 19.4. The first kappa shape index (κ1) is 15.7. The predicted octanol–water partition coefficient (Wildman–Crippen LogP) is 3.48. The van der Waals surface area contributed by atoms with E-state index in [-0.39, 0.29) is 5.56 Å². The van der Waals surface area contributed by atoms with E-state index < -0.39 is 0 Å². The van der Waals surface area contributed by atoms with Gasteiger partial charge in [0.05, 0.1) is 23.2 Å². The van der Waals surface area contributed by atoms with Crippen molar-refractivity contribution >= 4 is 27.8 Å². The number of rotatable bonds is 2. The lowest BCUT2D eigenvalue weighted by molar-refractivity contribution is 0.713. The minimum Gasteiger partial charge on any atom is -0.267 e. The normalized spacial score (nSPS) is 14.4. The third kappa shape index (κ3) is 2.99. The number of thiophene rings is 1. The molecule has 3 aromatic rings. The van der Waals surface area contributed by atoms with E-state index in [4.69, 9.17) is 5.26 Å². The van der Waals surface area contributed by atoms with Crippen LogP contribution in [0.15, 0.2) is 40.5 Å². The van der Waals surface area contributed by atoms with Gasteiger partial charge < -0.3 is 0 Å². The van der Waals surface area contributed by atoms with Crippen molar-refractivity contribution in [2.24, 2.45) is 5.10 Å². The number of aromatic nitrogens is 2. The van der Waals surface area contributed by atoms with Crippen LogP contribution in [0.1, 0.15) is 40.8 Å². The SMILES string of the molecule is N#Cc1ccc(/C=N/n2cnc3sc4c(c3c2=O)CCCCC4)cc1. The second-order valence-corrected chi connectivity index (χ2v) is 7.20. The van der Waals surface area contributed by atoms with Crippen LogP contribution in [0.3, 0.4) is 0 Å². The zero-order valence-corrected chi connectivity index (χ0v) is 14.4. The van der Waals surface area contributed by atoms with E-state index in [0.717, 1.165) is 35.0 Å². The van der Waals surface area contributed by atoms with E-state index in [1.54, 1.807) is 41.8 Å². The van der Waals surface area contributed by atoms with Gasteiger partial charge in [-0.05, 0) is 48.9 Å². The third-order valence-corrected chi connectivity index (χ3v) is 5.68. The summed E-state index contributed by atoms with van der Waals surface area (Å²) in [7, 11) is 0. The molecule has 2 aromatic heterocycles. The second-order valence-electron chi connectivity index (χ2n) is 6.12. The first-order valence-electron chi connectivity index (χ1n) is 8.32. The van der Waals surface area contributed by atoms with Gasteiger partial charge in [-0.1, -0.05) is 18.6 Å². The van der Waals surface area contributed by atoms with E-state index in [1.807, 2.05) is 0 Å². The fraction of sp³-hybridized carbons (Fsp3) is 0.263. The smallest absolute Gasteiger partial charge is 0.267 e. The first-order chi connectivity index (χ1) is 12.3. The predicted molar refractivity (Wildman–Crippen MR) is 99.3 cm³/mol. The lowest BCUT2D eigenvalue weighted by atomic mass is 10.1. The Morgan fingerprint density at radius 2 is 2.00 bits per heavy atom. The topological polar surface area (TPSA) is 71.0 Å². The highest BCUT2D eigenvalue weighted by Crippen LogP contribution is 2.32.